The number of hydrogen-bond acceptors (Lipinski definition) is 4. The fraction of sp³-hybridized carbons (Fsp3) is 0.273. The lowest BCUT2D eigenvalue weighted by molar-refractivity contribution is -0.122. The second-order valence-corrected chi connectivity index (χ2v) is 8.87. The van der Waals surface area contributed by atoms with Gasteiger partial charge < -0.3 is 9.88 Å². The lowest BCUT2D eigenvalue weighted by Crippen LogP contribution is -2.49. The van der Waals surface area contributed by atoms with Crippen LogP contribution in [0.3, 0.4) is 0 Å². The van der Waals surface area contributed by atoms with Crippen molar-refractivity contribution in [2.75, 3.05) is 10.6 Å². The predicted molar refractivity (Wildman–Crippen MR) is 118 cm³/mol. The van der Waals surface area contributed by atoms with E-state index in [1.807, 2.05) is 42.0 Å². The molecule has 0 saturated carbocycles. The summed E-state index contributed by atoms with van der Waals surface area (Å²) in [6.07, 6.45) is 5.05. The zero-order valence-electron chi connectivity index (χ0n) is 17.3. The molecule has 1 N–H and O–H groups in total. The molecule has 0 saturated heterocycles. The molecular weight excluding hydrogens is 400 g/mol. The number of aryl methyl sites for hydroxylation is 1. The van der Waals surface area contributed by atoms with E-state index in [0.717, 1.165) is 23.3 Å². The van der Waals surface area contributed by atoms with Crippen molar-refractivity contribution >= 4 is 21.6 Å². The summed E-state index contributed by atoms with van der Waals surface area (Å²) < 4.78 is 28.1. The molecule has 3 aromatic rings. The lowest BCUT2D eigenvalue weighted by atomic mass is 10.1. The van der Waals surface area contributed by atoms with E-state index in [-0.39, 0.29) is 12.5 Å². The van der Waals surface area contributed by atoms with Gasteiger partial charge in [0.2, 0.25) is 15.9 Å². The van der Waals surface area contributed by atoms with Gasteiger partial charge in [-0.3, -0.25) is 9.10 Å². The normalized spacial score (nSPS) is 12.4. The summed E-state index contributed by atoms with van der Waals surface area (Å²) in [5, 5.41) is 2.92. The van der Waals surface area contributed by atoms with Crippen molar-refractivity contribution in [2.24, 2.45) is 0 Å². The molecule has 0 aliphatic rings. The van der Waals surface area contributed by atoms with E-state index in [0.29, 0.717) is 12.1 Å². The minimum atomic E-state index is -3.65. The van der Waals surface area contributed by atoms with Gasteiger partial charge in [0.25, 0.3) is 0 Å². The van der Waals surface area contributed by atoms with Crippen molar-refractivity contribution in [3.63, 3.8) is 0 Å². The van der Waals surface area contributed by atoms with Gasteiger partial charge in [0.05, 0.1) is 17.6 Å². The standard InChI is InChI=1S/C22H26N4O3S/c1-4-20(26(30(3,28)29)19-11-6-5-7-12-19)22(27)24-16-18-10-8-9-13-21(18)25-15-14-23-17(25)2/h5-15,20H,4,16H2,1-3H3,(H,24,27)/t20-/m1/s1. The summed E-state index contributed by atoms with van der Waals surface area (Å²) >= 11 is 0. The Balaban J connectivity index is 1.84. The third-order valence-corrected chi connectivity index (χ3v) is 6.05. The Morgan fingerprint density at radius 1 is 1.13 bits per heavy atom. The number of carbonyl (C=O) groups excluding carboxylic acids is 1. The first-order chi connectivity index (χ1) is 14.3. The van der Waals surface area contributed by atoms with Crippen LogP contribution < -0.4 is 9.62 Å². The fourth-order valence-electron chi connectivity index (χ4n) is 3.46. The van der Waals surface area contributed by atoms with Gasteiger partial charge >= 0.3 is 0 Å². The number of rotatable bonds is 8. The smallest absolute Gasteiger partial charge is 0.244 e. The molecule has 1 atom stereocenters. The summed E-state index contributed by atoms with van der Waals surface area (Å²) in [6.45, 7) is 3.98. The minimum Gasteiger partial charge on any atom is -0.350 e. The van der Waals surface area contributed by atoms with Crippen molar-refractivity contribution in [3.8, 4) is 5.69 Å². The molecule has 3 rings (SSSR count). The van der Waals surface area contributed by atoms with Gasteiger partial charge in [0, 0.05) is 18.9 Å². The van der Waals surface area contributed by atoms with Crippen LogP contribution in [-0.4, -0.2) is 36.2 Å². The van der Waals surface area contributed by atoms with Crippen LogP contribution in [0.25, 0.3) is 5.69 Å². The van der Waals surface area contributed by atoms with Crippen molar-refractivity contribution in [1.82, 2.24) is 14.9 Å². The maximum Gasteiger partial charge on any atom is 0.244 e. The Labute approximate surface area is 177 Å². The van der Waals surface area contributed by atoms with Gasteiger partial charge in [0.15, 0.2) is 0 Å². The van der Waals surface area contributed by atoms with Crippen LogP contribution in [-0.2, 0) is 21.4 Å². The average molecular weight is 427 g/mol. The molecular formula is C22H26N4O3S. The highest BCUT2D eigenvalue weighted by Crippen LogP contribution is 2.22. The monoisotopic (exact) mass is 426 g/mol. The highest BCUT2D eigenvalue weighted by atomic mass is 32.2. The van der Waals surface area contributed by atoms with Crippen LogP contribution in [0.4, 0.5) is 5.69 Å². The second kappa shape index (κ2) is 9.13. The van der Waals surface area contributed by atoms with Gasteiger partial charge in [-0.1, -0.05) is 43.3 Å². The molecule has 30 heavy (non-hydrogen) atoms. The molecule has 0 unspecified atom stereocenters. The topological polar surface area (TPSA) is 84.3 Å². The lowest BCUT2D eigenvalue weighted by Gasteiger charge is -2.30. The van der Waals surface area contributed by atoms with E-state index in [1.54, 1.807) is 43.5 Å². The third-order valence-electron chi connectivity index (χ3n) is 4.87. The molecule has 8 heteroatoms. The molecule has 0 spiro atoms. The van der Waals surface area contributed by atoms with Crippen LogP contribution in [0.2, 0.25) is 0 Å². The van der Waals surface area contributed by atoms with Gasteiger partial charge in [-0.15, -0.1) is 0 Å². The number of nitrogens with zero attached hydrogens (tertiary/aromatic N) is 3. The number of nitrogens with one attached hydrogen (secondary N) is 1. The summed E-state index contributed by atoms with van der Waals surface area (Å²) in [5.41, 5.74) is 2.30. The molecule has 0 fully saturated rings. The number of hydrogen-bond donors (Lipinski definition) is 1. The Morgan fingerprint density at radius 3 is 2.40 bits per heavy atom. The number of carbonyl (C=O) groups is 1. The van der Waals surface area contributed by atoms with Gasteiger partial charge in [-0.2, -0.15) is 0 Å². The van der Waals surface area contributed by atoms with Crippen molar-refractivity contribution in [2.45, 2.75) is 32.9 Å². The van der Waals surface area contributed by atoms with Crippen LogP contribution in [0, 0.1) is 6.92 Å². The number of benzene rings is 2. The molecule has 0 radical (unpaired) electrons. The SMILES string of the molecule is CC[C@H](C(=O)NCc1ccccc1-n1ccnc1C)N(c1ccccc1)S(C)(=O)=O. The maximum atomic E-state index is 13.0. The Kier molecular flexibility index (Phi) is 6.56. The molecule has 158 valence electrons. The number of para-hydroxylation sites is 2. The number of imidazole rings is 1. The van der Waals surface area contributed by atoms with Crippen LogP contribution in [0.5, 0.6) is 0 Å². The number of anilines is 1. The molecule has 2 aromatic carbocycles. The van der Waals surface area contributed by atoms with Crippen LogP contribution >= 0.6 is 0 Å². The first-order valence-electron chi connectivity index (χ1n) is 9.73. The van der Waals surface area contributed by atoms with Crippen molar-refractivity contribution in [1.29, 1.82) is 0 Å². The van der Waals surface area contributed by atoms with E-state index in [2.05, 4.69) is 10.3 Å². The van der Waals surface area contributed by atoms with Gasteiger partial charge in [-0.05, 0) is 37.1 Å². The van der Waals surface area contributed by atoms with E-state index < -0.39 is 16.1 Å². The maximum absolute atomic E-state index is 13.0. The van der Waals surface area contributed by atoms with E-state index in [4.69, 9.17) is 0 Å². The highest BCUT2D eigenvalue weighted by Gasteiger charge is 2.31. The highest BCUT2D eigenvalue weighted by molar-refractivity contribution is 7.92. The molecule has 1 heterocycles. The first kappa shape index (κ1) is 21.6. The molecule has 0 aliphatic heterocycles. The second-order valence-electron chi connectivity index (χ2n) is 7.01. The zero-order chi connectivity index (χ0) is 21.7. The molecule has 0 aliphatic carbocycles. The quantitative estimate of drug-likeness (QED) is 0.600. The fourth-order valence-corrected chi connectivity index (χ4v) is 4.67. The Hall–Kier alpha value is -3.13. The summed E-state index contributed by atoms with van der Waals surface area (Å²) in [4.78, 5) is 17.3. The largest absolute Gasteiger partial charge is 0.350 e. The van der Waals surface area contributed by atoms with Gasteiger partial charge in [0.1, 0.15) is 11.9 Å². The van der Waals surface area contributed by atoms with E-state index >= 15 is 0 Å². The number of aromatic nitrogens is 2. The predicted octanol–water partition coefficient (Wildman–Crippen LogP) is 3.04. The molecule has 0 bridgehead atoms. The van der Waals surface area contributed by atoms with Gasteiger partial charge in [-0.25, -0.2) is 13.4 Å². The van der Waals surface area contributed by atoms with Crippen LogP contribution in [0.1, 0.15) is 24.7 Å². The zero-order valence-corrected chi connectivity index (χ0v) is 18.1. The summed E-state index contributed by atoms with van der Waals surface area (Å²) in [7, 11) is -3.65. The summed E-state index contributed by atoms with van der Waals surface area (Å²) in [6, 6.07) is 15.6. The molecule has 7 nitrogen and oxygen atoms in total. The summed E-state index contributed by atoms with van der Waals surface area (Å²) in [5.74, 6) is 0.497. The Morgan fingerprint density at radius 2 is 1.80 bits per heavy atom. The number of sulfonamides is 1. The van der Waals surface area contributed by atoms with Crippen LogP contribution in [0.15, 0.2) is 67.0 Å². The van der Waals surface area contributed by atoms with E-state index in [9.17, 15) is 13.2 Å². The van der Waals surface area contributed by atoms with Crippen molar-refractivity contribution in [3.05, 3.63) is 78.4 Å². The third kappa shape index (κ3) is 4.71. The first-order valence-corrected chi connectivity index (χ1v) is 11.6. The Bertz CT molecular complexity index is 1110. The molecule has 1 amide bonds. The minimum absolute atomic E-state index is 0.273. The van der Waals surface area contributed by atoms with E-state index in [1.165, 1.54) is 4.31 Å². The van der Waals surface area contributed by atoms with Crippen molar-refractivity contribution < 1.29 is 13.2 Å². The average Bonchev–Trinajstić information content (AvgIpc) is 3.15. The molecule has 1 aromatic heterocycles. The number of amides is 1.